The third-order valence-electron chi connectivity index (χ3n) is 3.59. The third-order valence-corrected chi connectivity index (χ3v) is 3.59. The highest BCUT2D eigenvalue weighted by atomic mass is 16.5. The molecule has 1 aliphatic carbocycles. The number of nitrogens with one attached hydrogen (secondary N) is 1. The number of amides is 1. The summed E-state index contributed by atoms with van der Waals surface area (Å²) in [6.07, 6.45) is 4.41. The summed E-state index contributed by atoms with van der Waals surface area (Å²) in [5, 5.41) is 11.9. The molecule has 0 aromatic heterocycles. The average molecular weight is 241 g/mol. The van der Waals surface area contributed by atoms with Gasteiger partial charge >= 0.3 is 5.97 Å². The summed E-state index contributed by atoms with van der Waals surface area (Å²) in [7, 11) is 0. The number of carbonyl (C=O) groups excluding carboxylic acids is 1. The summed E-state index contributed by atoms with van der Waals surface area (Å²) in [5.41, 5.74) is 0. The van der Waals surface area contributed by atoms with Crippen molar-refractivity contribution in [1.82, 2.24) is 5.32 Å². The zero-order valence-electron chi connectivity index (χ0n) is 9.85. The van der Waals surface area contributed by atoms with Crippen LogP contribution in [0.3, 0.4) is 0 Å². The normalized spacial score (nSPS) is 33.3. The SMILES string of the molecule is O=C(O)C1CCCC(NC(=O)[C@@H]2CCCO2)C1. The van der Waals surface area contributed by atoms with Crippen LogP contribution in [0, 0.1) is 5.92 Å². The fraction of sp³-hybridized carbons (Fsp3) is 0.833. The molecule has 3 atom stereocenters. The predicted octanol–water partition coefficient (Wildman–Crippen LogP) is 0.925. The van der Waals surface area contributed by atoms with E-state index in [1.807, 2.05) is 0 Å². The summed E-state index contributed by atoms with van der Waals surface area (Å²) in [4.78, 5) is 22.7. The van der Waals surface area contributed by atoms with Crippen LogP contribution in [0.4, 0.5) is 0 Å². The topological polar surface area (TPSA) is 75.6 Å². The van der Waals surface area contributed by atoms with Crippen molar-refractivity contribution in [2.75, 3.05) is 6.61 Å². The third kappa shape index (κ3) is 3.19. The largest absolute Gasteiger partial charge is 0.481 e. The van der Waals surface area contributed by atoms with E-state index in [-0.39, 0.29) is 24.0 Å². The fourth-order valence-corrected chi connectivity index (χ4v) is 2.62. The lowest BCUT2D eigenvalue weighted by molar-refractivity contribution is -0.143. The summed E-state index contributed by atoms with van der Waals surface area (Å²) < 4.78 is 5.30. The smallest absolute Gasteiger partial charge is 0.306 e. The van der Waals surface area contributed by atoms with Gasteiger partial charge in [-0.3, -0.25) is 9.59 Å². The van der Waals surface area contributed by atoms with Gasteiger partial charge in [-0.15, -0.1) is 0 Å². The number of hydrogen-bond donors (Lipinski definition) is 2. The molecule has 2 rings (SSSR count). The molecule has 5 nitrogen and oxygen atoms in total. The van der Waals surface area contributed by atoms with Gasteiger partial charge in [-0.2, -0.15) is 0 Å². The summed E-state index contributed by atoms with van der Waals surface area (Å²) in [6, 6.07) is 0.00144. The van der Waals surface area contributed by atoms with E-state index in [0.29, 0.717) is 13.0 Å². The van der Waals surface area contributed by atoms with Crippen molar-refractivity contribution in [2.45, 2.75) is 50.7 Å². The molecule has 2 fully saturated rings. The van der Waals surface area contributed by atoms with Crippen molar-refractivity contribution in [3.8, 4) is 0 Å². The highest BCUT2D eigenvalue weighted by Crippen LogP contribution is 2.25. The molecule has 1 aliphatic heterocycles. The fourth-order valence-electron chi connectivity index (χ4n) is 2.62. The predicted molar refractivity (Wildman–Crippen MR) is 60.5 cm³/mol. The lowest BCUT2D eigenvalue weighted by Crippen LogP contribution is -2.44. The standard InChI is InChI=1S/C12H19NO4/c14-11(10-5-2-6-17-10)13-9-4-1-3-8(7-9)12(15)16/h8-10H,1-7H2,(H,13,14)(H,15,16)/t8?,9?,10-/m0/s1. The van der Waals surface area contributed by atoms with E-state index >= 15 is 0 Å². The van der Waals surface area contributed by atoms with Crippen LogP contribution < -0.4 is 5.32 Å². The number of hydrogen-bond acceptors (Lipinski definition) is 3. The molecule has 1 amide bonds. The molecule has 2 unspecified atom stereocenters. The zero-order valence-corrected chi connectivity index (χ0v) is 9.85. The molecule has 1 heterocycles. The van der Waals surface area contributed by atoms with Crippen molar-refractivity contribution < 1.29 is 19.4 Å². The lowest BCUT2D eigenvalue weighted by Gasteiger charge is -2.28. The highest BCUT2D eigenvalue weighted by Gasteiger charge is 2.30. The molecule has 1 saturated carbocycles. The summed E-state index contributed by atoms with van der Waals surface area (Å²) >= 11 is 0. The van der Waals surface area contributed by atoms with Crippen molar-refractivity contribution >= 4 is 11.9 Å². The average Bonchev–Trinajstić information content (AvgIpc) is 2.82. The van der Waals surface area contributed by atoms with Gasteiger partial charge in [-0.1, -0.05) is 6.42 Å². The molecular formula is C12H19NO4. The monoisotopic (exact) mass is 241 g/mol. The summed E-state index contributed by atoms with van der Waals surface area (Å²) in [5.74, 6) is -1.13. The van der Waals surface area contributed by atoms with Gasteiger partial charge in [0.25, 0.3) is 0 Å². The highest BCUT2D eigenvalue weighted by molar-refractivity contribution is 5.81. The van der Waals surface area contributed by atoms with Gasteiger partial charge in [-0.25, -0.2) is 0 Å². The molecule has 2 N–H and O–H groups in total. The first-order chi connectivity index (χ1) is 8.16. The molecule has 0 spiro atoms. The van der Waals surface area contributed by atoms with Crippen LogP contribution in [0.1, 0.15) is 38.5 Å². The zero-order chi connectivity index (χ0) is 12.3. The minimum absolute atomic E-state index is 0.00144. The first-order valence-electron chi connectivity index (χ1n) is 6.31. The van der Waals surface area contributed by atoms with Gasteiger partial charge in [0.1, 0.15) is 6.10 Å². The van der Waals surface area contributed by atoms with Gasteiger partial charge in [0, 0.05) is 12.6 Å². The number of carboxylic acid groups (broad SMARTS) is 1. The minimum atomic E-state index is -0.749. The van der Waals surface area contributed by atoms with Crippen LogP contribution in [0.5, 0.6) is 0 Å². The van der Waals surface area contributed by atoms with Crippen molar-refractivity contribution in [3.63, 3.8) is 0 Å². The molecule has 96 valence electrons. The Labute approximate surface area is 101 Å². The first kappa shape index (κ1) is 12.4. The molecule has 2 aliphatic rings. The maximum Gasteiger partial charge on any atom is 0.306 e. The van der Waals surface area contributed by atoms with E-state index in [1.54, 1.807) is 0 Å². The van der Waals surface area contributed by atoms with Gasteiger partial charge in [-0.05, 0) is 32.1 Å². The van der Waals surface area contributed by atoms with E-state index in [0.717, 1.165) is 32.1 Å². The van der Waals surface area contributed by atoms with Crippen molar-refractivity contribution in [1.29, 1.82) is 0 Å². The van der Waals surface area contributed by atoms with E-state index in [1.165, 1.54) is 0 Å². The summed E-state index contributed by atoms with van der Waals surface area (Å²) in [6.45, 7) is 0.653. The Kier molecular flexibility index (Phi) is 3.99. The Hall–Kier alpha value is -1.10. The second-order valence-electron chi connectivity index (χ2n) is 4.91. The molecule has 5 heteroatoms. The Balaban J connectivity index is 1.81. The molecule has 0 aromatic rings. The second kappa shape index (κ2) is 5.49. The molecule has 0 radical (unpaired) electrons. The maximum atomic E-state index is 11.8. The van der Waals surface area contributed by atoms with Crippen LogP contribution >= 0.6 is 0 Å². The number of rotatable bonds is 3. The van der Waals surface area contributed by atoms with Gasteiger partial charge < -0.3 is 15.2 Å². The molecule has 1 saturated heterocycles. The van der Waals surface area contributed by atoms with Gasteiger partial charge in [0.05, 0.1) is 5.92 Å². The maximum absolute atomic E-state index is 11.8. The number of carbonyl (C=O) groups is 2. The van der Waals surface area contributed by atoms with E-state index in [9.17, 15) is 9.59 Å². The molecule has 17 heavy (non-hydrogen) atoms. The van der Waals surface area contributed by atoms with Crippen LogP contribution in [0.25, 0.3) is 0 Å². The second-order valence-corrected chi connectivity index (χ2v) is 4.91. The van der Waals surface area contributed by atoms with Crippen molar-refractivity contribution in [3.05, 3.63) is 0 Å². The van der Waals surface area contributed by atoms with E-state index < -0.39 is 5.97 Å². The van der Waals surface area contributed by atoms with Crippen LogP contribution in [0.15, 0.2) is 0 Å². The Morgan fingerprint density at radius 2 is 2.00 bits per heavy atom. The van der Waals surface area contributed by atoms with Crippen LogP contribution in [-0.2, 0) is 14.3 Å². The Morgan fingerprint density at radius 3 is 2.65 bits per heavy atom. The van der Waals surface area contributed by atoms with Crippen molar-refractivity contribution in [2.24, 2.45) is 5.92 Å². The number of aliphatic carboxylic acids is 1. The molecular weight excluding hydrogens is 222 g/mol. The van der Waals surface area contributed by atoms with Crippen LogP contribution in [0.2, 0.25) is 0 Å². The lowest BCUT2D eigenvalue weighted by atomic mass is 9.85. The first-order valence-corrected chi connectivity index (χ1v) is 6.31. The van der Waals surface area contributed by atoms with Gasteiger partial charge in [0.15, 0.2) is 0 Å². The Bertz CT molecular complexity index is 299. The quantitative estimate of drug-likeness (QED) is 0.770. The number of ether oxygens (including phenoxy) is 1. The Morgan fingerprint density at radius 1 is 1.18 bits per heavy atom. The van der Waals surface area contributed by atoms with Crippen LogP contribution in [-0.4, -0.2) is 35.7 Å². The number of carboxylic acids is 1. The minimum Gasteiger partial charge on any atom is -0.481 e. The molecule has 0 bridgehead atoms. The van der Waals surface area contributed by atoms with E-state index in [2.05, 4.69) is 5.32 Å². The molecule has 0 aromatic carbocycles. The van der Waals surface area contributed by atoms with Gasteiger partial charge in [0.2, 0.25) is 5.91 Å². The van der Waals surface area contributed by atoms with E-state index in [4.69, 9.17) is 9.84 Å².